The van der Waals surface area contributed by atoms with Crippen LogP contribution in [-0.2, 0) is 4.79 Å². The Kier molecular flexibility index (Phi) is 3.38. The van der Waals surface area contributed by atoms with E-state index < -0.39 is 0 Å². The molecule has 6 nitrogen and oxygen atoms in total. The SMILES string of the molecule is CC(=O)Nc1cccc(Nc2nccc(N)n2)c1. The number of benzene rings is 1. The van der Waals surface area contributed by atoms with Gasteiger partial charge in [-0.15, -0.1) is 0 Å². The van der Waals surface area contributed by atoms with Crippen molar-refractivity contribution in [2.75, 3.05) is 16.4 Å². The van der Waals surface area contributed by atoms with Crippen LogP contribution in [0.5, 0.6) is 0 Å². The second-order valence-corrected chi connectivity index (χ2v) is 3.69. The topological polar surface area (TPSA) is 92.9 Å². The van der Waals surface area contributed by atoms with E-state index in [1.807, 2.05) is 12.1 Å². The number of nitrogens with two attached hydrogens (primary N) is 1. The van der Waals surface area contributed by atoms with Crippen molar-refractivity contribution in [1.29, 1.82) is 0 Å². The molecule has 2 aromatic rings. The quantitative estimate of drug-likeness (QED) is 0.763. The fraction of sp³-hybridized carbons (Fsp3) is 0.0833. The van der Waals surface area contributed by atoms with Crippen molar-refractivity contribution in [1.82, 2.24) is 9.97 Å². The van der Waals surface area contributed by atoms with Crippen LogP contribution in [0.15, 0.2) is 36.5 Å². The third kappa shape index (κ3) is 3.18. The number of anilines is 4. The minimum Gasteiger partial charge on any atom is -0.384 e. The second kappa shape index (κ2) is 5.13. The van der Waals surface area contributed by atoms with E-state index in [-0.39, 0.29) is 5.91 Å². The minimum atomic E-state index is -0.118. The molecule has 0 atom stereocenters. The third-order valence-electron chi connectivity index (χ3n) is 2.12. The normalized spacial score (nSPS) is 9.83. The van der Waals surface area contributed by atoms with E-state index in [2.05, 4.69) is 20.6 Å². The molecule has 6 heteroatoms. The van der Waals surface area contributed by atoms with Crippen molar-refractivity contribution in [3.05, 3.63) is 36.5 Å². The molecule has 0 fully saturated rings. The van der Waals surface area contributed by atoms with Crippen molar-refractivity contribution >= 4 is 29.0 Å². The molecular formula is C12H13N5O. The Balaban J connectivity index is 2.16. The molecule has 0 aliphatic carbocycles. The Morgan fingerprint density at radius 3 is 2.78 bits per heavy atom. The van der Waals surface area contributed by atoms with Crippen LogP contribution in [0.4, 0.5) is 23.1 Å². The zero-order valence-electron chi connectivity index (χ0n) is 9.84. The maximum atomic E-state index is 11.0. The standard InChI is InChI=1S/C12H13N5O/c1-8(18)15-9-3-2-4-10(7-9)16-12-14-6-5-11(13)17-12/h2-7H,1H3,(H,15,18)(H3,13,14,16,17). The van der Waals surface area contributed by atoms with Gasteiger partial charge in [0, 0.05) is 24.5 Å². The summed E-state index contributed by atoms with van der Waals surface area (Å²) in [5, 5.41) is 5.70. The molecule has 92 valence electrons. The monoisotopic (exact) mass is 243 g/mol. The molecule has 0 bridgehead atoms. The van der Waals surface area contributed by atoms with Crippen LogP contribution in [0, 0.1) is 0 Å². The Labute approximate surface area is 104 Å². The van der Waals surface area contributed by atoms with Gasteiger partial charge in [0.25, 0.3) is 0 Å². The number of hydrogen-bond acceptors (Lipinski definition) is 5. The predicted molar refractivity (Wildman–Crippen MR) is 70.5 cm³/mol. The van der Waals surface area contributed by atoms with Gasteiger partial charge >= 0.3 is 0 Å². The first kappa shape index (κ1) is 11.8. The van der Waals surface area contributed by atoms with Crippen LogP contribution in [0.25, 0.3) is 0 Å². The lowest BCUT2D eigenvalue weighted by Gasteiger charge is -2.07. The first-order chi connectivity index (χ1) is 8.63. The van der Waals surface area contributed by atoms with Gasteiger partial charge in [-0.2, -0.15) is 4.98 Å². The molecule has 1 aromatic heterocycles. The van der Waals surface area contributed by atoms with Gasteiger partial charge in [0.05, 0.1) is 0 Å². The molecule has 0 saturated heterocycles. The summed E-state index contributed by atoms with van der Waals surface area (Å²) in [5.74, 6) is 0.688. The lowest BCUT2D eigenvalue weighted by molar-refractivity contribution is -0.114. The Morgan fingerprint density at radius 2 is 2.06 bits per heavy atom. The van der Waals surface area contributed by atoms with Crippen LogP contribution in [0.1, 0.15) is 6.92 Å². The molecule has 2 rings (SSSR count). The van der Waals surface area contributed by atoms with Gasteiger partial charge < -0.3 is 16.4 Å². The number of nitrogens with zero attached hydrogens (tertiary/aromatic N) is 2. The molecule has 0 unspecified atom stereocenters. The molecular weight excluding hydrogens is 230 g/mol. The van der Waals surface area contributed by atoms with E-state index >= 15 is 0 Å². The lowest BCUT2D eigenvalue weighted by atomic mass is 10.3. The summed E-state index contributed by atoms with van der Waals surface area (Å²) in [4.78, 5) is 19.0. The van der Waals surface area contributed by atoms with Crippen LogP contribution < -0.4 is 16.4 Å². The minimum absolute atomic E-state index is 0.118. The molecule has 1 aromatic carbocycles. The van der Waals surface area contributed by atoms with Crippen molar-refractivity contribution < 1.29 is 4.79 Å². The van der Waals surface area contributed by atoms with Gasteiger partial charge in [0.15, 0.2) is 0 Å². The zero-order chi connectivity index (χ0) is 13.0. The van der Waals surface area contributed by atoms with Crippen LogP contribution in [0.2, 0.25) is 0 Å². The largest absolute Gasteiger partial charge is 0.384 e. The van der Waals surface area contributed by atoms with Gasteiger partial charge in [-0.1, -0.05) is 6.07 Å². The van der Waals surface area contributed by atoms with Gasteiger partial charge in [0.1, 0.15) is 5.82 Å². The average molecular weight is 243 g/mol. The number of aromatic nitrogens is 2. The molecule has 0 radical (unpaired) electrons. The first-order valence-corrected chi connectivity index (χ1v) is 5.37. The fourth-order valence-corrected chi connectivity index (χ4v) is 1.44. The van der Waals surface area contributed by atoms with E-state index in [4.69, 9.17) is 5.73 Å². The second-order valence-electron chi connectivity index (χ2n) is 3.69. The smallest absolute Gasteiger partial charge is 0.229 e. The molecule has 0 spiro atoms. The summed E-state index contributed by atoms with van der Waals surface area (Å²) < 4.78 is 0. The maximum Gasteiger partial charge on any atom is 0.229 e. The third-order valence-corrected chi connectivity index (χ3v) is 2.12. The molecule has 4 N–H and O–H groups in total. The predicted octanol–water partition coefficient (Wildman–Crippen LogP) is 1.76. The molecule has 0 aliphatic rings. The first-order valence-electron chi connectivity index (χ1n) is 5.37. The zero-order valence-corrected chi connectivity index (χ0v) is 9.84. The maximum absolute atomic E-state index is 11.0. The van der Waals surface area contributed by atoms with Crippen molar-refractivity contribution in [2.45, 2.75) is 6.92 Å². The highest BCUT2D eigenvalue weighted by atomic mass is 16.1. The summed E-state index contributed by atoms with van der Waals surface area (Å²) in [6.07, 6.45) is 1.57. The Hall–Kier alpha value is -2.63. The highest BCUT2D eigenvalue weighted by Gasteiger charge is 2.00. The number of nitrogens with one attached hydrogen (secondary N) is 2. The number of nitrogen functional groups attached to an aromatic ring is 1. The van der Waals surface area contributed by atoms with Crippen LogP contribution >= 0.6 is 0 Å². The van der Waals surface area contributed by atoms with Crippen LogP contribution in [0.3, 0.4) is 0 Å². The van der Waals surface area contributed by atoms with E-state index in [9.17, 15) is 4.79 Å². The van der Waals surface area contributed by atoms with Crippen molar-refractivity contribution in [3.63, 3.8) is 0 Å². The fourth-order valence-electron chi connectivity index (χ4n) is 1.44. The highest BCUT2D eigenvalue weighted by molar-refractivity contribution is 5.89. The Bertz CT molecular complexity index is 570. The number of amides is 1. The number of carbonyl (C=O) groups is 1. The van der Waals surface area contributed by atoms with Crippen LogP contribution in [-0.4, -0.2) is 15.9 Å². The van der Waals surface area contributed by atoms with Gasteiger partial charge in [-0.05, 0) is 24.3 Å². The van der Waals surface area contributed by atoms with Gasteiger partial charge in [-0.3, -0.25) is 4.79 Å². The molecule has 18 heavy (non-hydrogen) atoms. The summed E-state index contributed by atoms with van der Waals surface area (Å²) in [6, 6.07) is 8.86. The summed E-state index contributed by atoms with van der Waals surface area (Å²) in [5.41, 5.74) is 7.04. The summed E-state index contributed by atoms with van der Waals surface area (Å²) in [6.45, 7) is 1.46. The van der Waals surface area contributed by atoms with Gasteiger partial charge in [-0.25, -0.2) is 4.98 Å². The number of hydrogen-bond donors (Lipinski definition) is 3. The average Bonchev–Trinajstić information content (AvgIpc) is 2.28. The number of carbonyl (C=O) groups excluding carboxylic acids is 1. The summed E-state index contributed by atoms with van der Waals surface area (Å²) >= 11 is 0. The molecule has 1 heterocycles. The van der Waals surface area contributed by atoms with E-state index in [0.29, 0.717) is 17.5 Å². The summed E-state index contributed by atoms with van der Waals surface area (Å²) in [7, 11) is 0. The van der Waals surface area contributed by atoms with Gasteiger partial charge in [0.2, 0.25) is 11.9 Å². The number of rotatable bonds is 3. The highest BCUT2D eigenvalue weighted by Crippen LogP contribution is 2.18. The Morgan fingerprint density at radius 1 is 1.28 bits per heavy atom. The van der Waals surface area contributed by atoms with E-state index in [1.54, 1.807) is 24.4 Å². The van der Waals surface area contributed by atoms with E-state index in [1.165, 1.54) is 6.92 Å². The molecule has 0 saturated carbocycles. The molecule has 1 amide bonds. The van der Waals surface area contributed by atoms with Crippen molar-refractivity contribution in [3.8, 4) is 0 Å². The lowest BCUT2D eigenvalue weighted by Crippen LogP contribution is -2.06. The van der Waals surface area contributed by atoms with E-state index in [0.717, 1.165) is 5.69 Å². The molecule has 0 aliphatic heterocycles. The van der Waals surface area contributed by atoms with Crippen molar-refractivity contribution in [2.24, 2.45) is 0 Å².